The predicted molar refractivity (Wildman–Crippen MR) is 129 cm³/mol. The van der Waals surface area contributed by atoms with Gasteiger partial charge in [0.2, 0.25) is 5.91 Å². The Morgan fingerprint density at radius 3 is 1.97 bits per heavy atom. The number of carbonyl (C=O) groups excluding carboxylic acids is 2. The van der Waals surface area contributed by atoms with Gasteiger partial charge in [-0.3, -0.25) is 9.59 Å². The molecule has 4 heteroatoms. The number of fused-ring (bicyclic) bond motifs is 2. The van der Waals surface area contributed by atoms with Gasteiger partial charge in [-0.15, -0.1) is 0 Å². The van der Waals surface area contributed by atoms with Gasteiger partial charge in [0.15, 0.2) is 5.78 Å². The Labute approximate surface area is 192 Å². The molecule has 5 rings (SSSR count). The molecule has 0 saturated heterocycles. The lowest BCUT2D eigenvalue weighted by Crippen LogP contribution is -2.20. The second kappa shape index (κ2) is 9.13. The fourth-order valence-electron chi connectivity index (χ4n) is 4.33. The molecule has 4 nitrogen and oxygen atoms in total. The molecule has 0 unspecified atom stereocenters. The van der Waals surface area contributed by atoms with E-state index in [2.05, 4.69) is 5.32 Å². The molecule has 4 aromatic carbocycles. The van der Waals surface area contributed by atoms with E-state index in [4.69, 9.17) is 4.74 Å². The summed E-state index contributed by atoms with van der Waals surface area (Å²) in [4.78, 5) is 26.1. The first kappa shape index (κ1) is 20.7. The Kier molecular flexibility index (Phi) is 5.73. The fourth-order valence-corrected chi connectivity index (χ4v) is 4.33. The van der Waals surface area contributed by atoms with Crippen LogP contribution in [-0.2, 0) is 11.2 Å². The summed E-state index contributed by atoms with van der Waals surface area (Å²) < 4.78 is 6.04. The van der Waals surface area contributed by atoms with Crippen molar-refractivity contribution < 1.29 is 14.3 Å². The third-order valence-electron chi connectivity index (χ3n) is 5.91. The maximum Gasteiger partial charge on any atom is 0.225 e. The molecule has 1 heterocycles. The summed E-state index contributed by atoms with van der Waals surface area (Å²) in [5, 5.41) is 2.99. The van der Waals surface area contributed by atoms with Crippen LogP contribution < -0.4 is 10.1 Å². The summed E-state index contributed by atoms with van der Waals surface area (Å²) in [5.74, 6) is 1.24. The van der Waals surface area contributed by atoms with Crippen molar-refractivity contribution in [2.24, 2.45) is 0 Å². The molecule has 4 aromatic rings. The van der Waals surface area contributed by atoms with Crippen LogP contribution in [-0.4, -0.2) is 11.7 Å². The Morgan fingerprint density at radius 1 is 0.697 bits per heavy atom. The molecule has 162 valence electrons. The monoisotopic (exact) mass is 433 g/mol. The van der Waals surface area contributed by atoms with Gasteiger partial charge >= 0.3 is 0 Å². The smallest absolute Gasteiger partial charge is 0.225 e. The standard InChI is InChI=1S/C29H23NO3/c31-26(18-20-10-2-1-3-11-20)23-14-4-7-15-25(23)30-29(32)19-24-21-12-5-8-16-27(21)33-28-17-9-6-13-22(24)28/h1-17,24H,18-19H2,(H,30,32). The van der Waals surface area contributed by atoms with Gasteiger partial charge in [-0.25, -0.2) is 0 Å². The lowest BCUT2D eigenvalue weighted by atomic mass is 9.85. The van der Waals surface area contributed by atoms with Gasteiger partial charge in [-0.2, -0.15) is 0 Å². The van der Waals surface area contributed by atoms with Crippen LogP contribution in [0.3, 0.4) is 0 Å². The van der Waals surface area contributed by atoms with E-state index in [-0.39, 0.29) is 30.4 Å². The average Bonchev–Trinajstić information content (AvgIpc) is 2.85. The summed E-state index contributed by atoms with van der Waals surface area (Å²) in [6, 6.07) is 32.4. The minimum Gasteiger partial charge on any atom is -0.457 e. The van der Waals surface area contributed by atoms with Crippen LogP contribution in [0.5, 0.6) is 11.5 Å². The highest BCUT2D eigenvalue weighted by Crippen LogP contribution is 2.45. The Bertz CT molecular complexity index is 1270. The Balaban J connectivity index is 1.37. The van der Waals surface area contributed by atoms with Crippen LogP contribution in [0.4, 0.5) is 5.69 Å². The third-order valence-corrected chi connectivity index (χ3v) is 5.91. The first-order valence-corrected chi connectivity index (χ1v) is 11.0. The zero-order valence-corrected chi connectivity index (χ0v) is 18.0. The van der Waals surface area contributed by atoms with Gasteiger partial charge in [-0.1, -0.05) is 78.9 Å². The number of carbonyl (C=O) groups is 2. The van der Waals surface area contributed by atoms with Crippen LogP contribution in [0.15, 0.2) is 103 Å². The van der Waals surface area contributed by atoms with Crippen molar-refractivity contribution in [2.45, 2.75) is 18.8 Å². The van der Waals surface area contributed by atoms with Crippen molar-refractivity contribution in [3.05, 3.63) is 125 Å². The normalized spacial score (nSPS) is 12.2. The maximum absolute atomic E-state index is 13.2. The average molecular weight is 434 g/mol. The number of ketones is 1. The zero-order valence-electron chi connectivity index (χ0n) is 18.0. The van der Waals surface area contributed by atoms with Gasteiger partial charge < -0.3 is 10.1 Å². The number of ether oxygens (including phenoxy) is 1. The number of amides is 1. The van der Waals surface area contributed by atoms with Gasteiger partial charge in [-0.05, 0) is 29.8 Å². The molecule has 1 aliphatic heterocycles. The van der Waals surface area contributed by atoms with Crippen molar-refractivity contribution in [1.29, 1.82) is 0 Å². The lowest BCUT2D eigenvalue weighted by molar-refractivity contribution is -0.116. The van der Waals surface area contributed by atoms with Crippen LogP contribution >= 0.6 is 0 Å². The quantitative estimate of drug-likeness (QED) is 0.359. The fraction of sp³-hybridized carbons (Fsp3) is 0.103. The van der Waals surface area contributed by atoms with Crippen molar-refractivity contribution in [2.75, 3.05) is 5.32 Å². The highest BCUT2D eigenvalue weighted by Gasteiger charge is 2.29. The van der Waals surface area contributed by atoms with Gasteiger partial charge in [0.25, 0.3) is 0 Å². The summed E-state index contributed by atoms with van der Waals surface area (Å²) in [6.45, 7) is 0. The zero-order chi connectivity index (χ0) is 22.6. The molecule has 0 radical (unpaired) electrons. The van der Waals surface area contributed by atoms with E-state index >= 15 is 0 Å². The summed E-state index contributed by atoms with van der Waals surface area (Å²) >= 11 is 0. The number of para-hydroxylation sites is 3. The molecule has 1 amide bonds. The second-order valence-electron chi connectivity index (χ2n) is 8.11. The van der Waals surface area contributed by atoms with Crippen molar-refractivity contribution >= 4 is 17.4 Å². The molecule has 33 heavy (non-hydrogen) atoms. The molecule has 0 aromatic heterocycles. The third kappa shape index (κ3) is 4.41. The molecular weight excluding hydrogens is 410 g/mol. The maximum atomic E-state index is 13.2. The summed E-state index contributed by atoms with van der Waals surface area (Å²) in [7, 11) is 0. The van der Waals surface area contributed by atoms with Crippen LogP contribution in [0.2, 0.25) is 0 Å². The summed E-state index contributed by atoms with van der Waals surface area (Å²) in [6.07, 6.45) is 0.535. The number of benzene rings is 4. The SMILES string of the molecule is O=C(CC1c2ccccc2Oc2ccccc21)Nc1ccccc1C(=O)Cc1ccccc1. The predicted octanol–water partition coefficient (Wildman–Crippen LogP) is 6.38. The van der Waals surface area contributed by atoms with Crippen molar-refractivity contribution in [3.63, 3.8) is 0 Å². The largest absolute Gasteiger partial charge is 0.457 e. The molecule has 0 atom stereocenters. The molecule has 0 saturated carbocycles. The number of nitrogens with one attached hydrogen (secondary N) is 1. The number of Topliss-reactive ketones (excluding diaryl/α,β-unsaturated/α-hetero) is 1. The van der Waals surface area contributed by atoms with E-state index in [1.807, 2.05) is 91.0 Å². The van der Waals surface area contributed by atoms with E-state index in [0.29, 0.717) is 11.3 Å². The van der Waals surface area contributed by atoms with Crippen LogP contribution in [0.1, 0.15) is 39.4 Å². The lowest BCUT2D eigenvalue weighted by Gasteiger charge is -2.28. The second-order valence-corrected chi connectivity index (χ2v) is 8.11. The van der Waals surface area contributed by atoms with E-state index in [0.717, 1.165) is 28.2 Å². The molecule has 0 spiro atoms. The highest BCUT2D eigenvalue weighted by atomic mass is 16.5. The number of rotatable bonds is 6. The minimum absolute atomic E-state index is 0.0288. The summed E-state index contributed by atoms with van der Waals surface area (Å²) in [5.41, 5.74) is 3.97. The van der Waals surface area contributed by atoms with Crippen molar-refractivity contribution in [3.8, 4) is 11.5 Å². The topological polar surface area (TPSA) is 55.4 Å². The van der Waals surface area contributed by atoms with E-state index in [9.17, 15) is 9.59 Å². The van der Waals surface area contributed by atoms with Gasteiger partial charge in [0, 0.05) is 35.4 Å². The molecule has 1 aliphatic rings. The molecule has 0 aliphatic carbocycles. The van der Waals surface area contributed by atoms with E-state index < -0.39 is 0 Å². The molecule has 0 bridgehead atoms. The van der Waals surface area contributed by atoms with Gasteiger partial charge in [0.1, 0.15) is 11.5 Å². The van der Waals surface area contributed by atoms with Crippen LogP contribution in [0.25, 0.3) is 0 Å². The molecule has 1 N–H and O–H groups in total. The first-order valence-electron chi connectivity index (χ1n) is 11.0. The van der Waals surface area contributed by atoms with Crippen LogP contribution in [0, 0.1) is 0 Å². The number of hydrogen-bond donors (Lipinski definition) is 1. The first-order chi connectivity index (χ1) is 16.2. The van der Waals surface area contributed by atoms with Crippen molar-refractivity contribution in [1.82, 2.24) is 0 Å². The molecule has 0 fully saturated rings. The number of anilines is 1. The molecular formula is C29H23NO3. The minimum atomic E-state index is -0.147. The highest BCUT2D eigenvalue weighted by molar-refractivity contribution is 6.05. The Morgan fingerprint density at radius 2 is 1.27 bits per heavy atom. The van der Waals surface area contributed by atoms with Gasteiger partial charge in [0.05, 0.1) is 5.69 Å². The van der Waals surface area contributed by atoms with E-state index in [1.165, 1.54) is 0 Å². The van der Waals surface area contributed by atoms with E-state index in [1.54, 1.807) is 12.1 Å². The Hall–Kier alpha value is -4.18. The number of hydrogen-bond acceptors (Lipinski definition) is 3.